The normalized spacial score (nSPS) is 15.3. The lowest BCUT2D eigenvalue weighted by atomic mass is 10.1. The molecular weight excluding hydrogens is 336 g/mol. The molecule has 0 bridgehead atoms. The first kappa shape index (κ1) is 19.4. The zero-order valence-corrected chi connectivity index (χ0v) is 17.1. The fourth-order valence-corrected chi connectivity index (χ4v) is 3.49. The summed E-state index contributed by atoms with van der Waals surface area (Å²) >= 11 is 0. The fraction of sp³-hybridized carbons (Fsp3) is 0.571. The van der Waals surface area contributed by atoms with Crippen molar-refractivity contribution in [3.05, 3.63) is 47.0 Å². The second kappa shape index (κ2) is 9.02. The van der Waals surface area contributed by atoms with Gasteiger partial charge in [0.15, 0.2) is 11.8 Å². The summed E-state index contributed by atoms with van der Waals surface area (Å²) in [5, 5.41) is 12.1. The standard InChI is InChI=1S/C21H32N6/c1-5-17-10-12-18(13-11-17)15-26(3)21(23-19-8-6-7-9-19)22-14-20-25-24-16(2)27(20)4/h10-13,19H,5-9,14-15H2,1-4H3,(H,22,23). The van der Waals surface area contributed by atoms with Gasteiger partial charge in [0.05, 0.1) is 0 Å². The SMILES string of the molecule is CCc1ccc(CN(C)C(=NCc2nnc(C)n2C)NC2CCCC2)cc1. The van der Waals surface area contributed by atoms with Crippen LogP contribution in [0.1, 0.15) is 55.4 Å². The van der Waals surface area contributed by atoms with Crippen molar-refractivity contribution in [2.75, 3.05) is 7.05 Å². The van der Waals surface area contributed by atoms with Crippen LogP contribution in [0.4, 0.5) is 0 Å². The molecule has 0 aliphatic heterocycles. The average Bonchev–Trinajstić information content (AvgIpc) is 3.30. The minimum atomic E-state index is 0.523. The highest BCUT2D eigenvalue weighted by Crippen LogP contribution is 2.18. The first-order chi connectivity index (χ1) is 13.1. The Morgan fingerprint density at radius 2 is 1.85 bits per heavy atom. The third-order valence-corrected chi connectivity index (χ3v) is 5.45. The summed E-state index contributed by atoms with van der Waals surface area (Å²) in [5.41, 5.74) is 2.67. The van der Waals surface area contributed by atoms with Gasteiger partial charge < -0.3 is 14.8 Å². The predicted octanol–water partition coefficient (Wildman–Crippen LogP) is 3.21. The molecule has 27 heavy (non-hydrogen) atoms. The van der Waals surface area contributed by atoms with Gasteiger partial charge in [-0.3, -0.25) is 0 Å². The molecule has 0 saturated heterocycles. The van der Waals surface area contributed by atoms with E-state index in [0.717, 1.165) is 30.6 Å². The predicted molar refractivity (Wildman–Crippen MR) is 110 cm³/mol. The van der Waals surface area contributed by atoms with Gasteiger partial charge in [0.2, 0.25) is 0 Å². The van der Waals surface area contributed by atoms with Crippen molar-refractivity contribution < 1.29 is 0 Å². The molecule has 3 rings (SSSR count). The zero-order chi connectivity index (χ0) is 19.2. The van der Waals surface area contributed by atoms with Gasteiger partial charge in [-0.15, -0.1) is 10.2 Å². The summed E-state index contributed by atoms with van der Waals surface area (Å²) in [6.45, 7) is 5.52. The lowest BCUT2D eigenvalue weighted by molar-refractivity contribution is 0.456. The highest BCUT2D eigenvalue weighted by molar-refractivity contribution is 5.80. The molecule has 0 amide bonds. The topological polar surface area (TPSA) is 58.3 Å². The second-order valence-corrected chi connectivity index (χ2v) is 7.51. The number of aryl methyl sites for hydroxylation is 2. The van der Waals surface area contributed by atoms with Gasteiger partial charge in [-0.05, 0) is 37.3 Å². The Morgan fingerprint density at radius 3 is 2.44 bits per heavy atom. The summed E-state index contributed by atoms with van der Waals surface area (Å²) in [6, 6.07) is 9.39. The summed E-state index contributed by atoms with van der Waals surface area (Å²) in [6.07, 6.45) is 6.12. The molecule has 1 fully saturated rings. The Hall–Kier alpha value is -2.37. The molecule has 6 heteroatoms. The number of aromatic nitrogens is 3. The van der Waals surface area contributed by atoms with Crippen LogP contribution in [0, 0.1) is 6.92 Å². The van der Waals surface area contributed by atoms with E-state index in [1.54, 1.807) is 0 Å². The summed E-state index contributed by atoms with van der Waals surface area (Å²) < 4.78 is 2.00. The molecule has 1 aliphatic rings. The molecule has 1 N–H and O–H groups in total. The van der Waals surface area contributed by atoms with E-state index in [9.17, 15) is 0 Å². The van der Waals surface area contributed by atoms with Crippen LogP contribution < -0.4 is 5.32 Å². The number of hydrogen-bond donors (Lipinski definition) is 1. The molecule has 1 aliphatic carbocycles. The van der Waals surface area contributed by atoms with Crippen LogP contribution in [-0.2, 0) is 26.6 Å². The minimum absolute atomic E-state index is 0.523. The monoisotopic (exact) mass is 368 g/mol. The van der Waals surface area contributed by atoms with Crippen LogP contribution in [0.3, 0.4) is 0 Å². The number of nitrogens with zero attached hydrogens (tertiary/aromatic N) is 5. The number of rotatable bonds is 6. The zero-order valence-electron chi connectivity index (χ0n) is 17.1. The molecule has 0 atom stereocenters. The maximum absolute atomic E-state index is 4.87. The van der Waals surface area contributed by atoms with Crippen LogP contribution >= 0.6 is 0 Å². The Morgan fingerprint density at radius 1 is 1.19 bits per heavy atom. The van der Waals surface area contributed by atoms with E-state index in [2.05, 4.69) is 58.7 Å². The minimum Gasteiger partial charge on any atom is -0.353 e. The Kier molecular flexibility index (Phi) is 6.48. The van der Waals surface area contributed by atoms with Crippen molar-refractivity contribution in [1.29, 1.82) is 0 Å². The Balaban J connectivity index is 1.72. The lowest BCUT2D eigenvalue weighted by Crippen LogP contribution is -2.43. The summed E-state index contributed by atoms with van der Waals surface area (Å²) in [5.74, 6) is 2.75. The molecule has 2 aromatic rings. The molecule has 0 radical (unpaired) electrons. The van der Waals surface area contributed by atoms with E-state index in [0.29, 0.717) is 12.6 Å². The third kappa shape index (κ3) is 5.08. The number of nitrogens with one attached hydrogen (secondary N) is 1. The molecule has 1 heterocycles. The maximum Gasteiger partial charge on any atom is 0.194 e. The number of aliphatic imine (C=N–C) groups is 1. The number of benzene rings is 1. The largest absolute Gasteiger partial charge is 0.353 e. The molecule has 1 aromatic carbocycles. The van der Waals surface area contributed by atoms with E-state index >= 15 is 0 Å². The van der Waals surface area contributed by atoms with Crippen LogP contribution in [0.25, 0.3) is 0 Å². The Bertz CT molecular complexity index is 755. The summed E-state index contributed by atoms with van der Waals surface area (Å²) in [4.78, 5) is 7.08. The molecule has 1 aromatic heterocycles. The van der Waals surface area contributed by atoms with Gasteiger partial charge in [0.1, 0.15) is 12.4 Å². The molecular formula is C21H32N6. The van der Waals surface area contributed by atoms with E-state index in [1.807, 2.05) is 18.5 Å². The maximum atomic E-state index is 4.87. The van der Waals surface area contributed by atoms with Crippen molar-refractivity contribution in [1.82, 2.24) is 25.0 Å². The molecule has 0 spiro atoms. The highest BCUT2D eigenvalue weighted by atomic mass is 15.3. The first-order valence-electron chi connectivity index (χ1n) is 10.0. The van der Waals surface area contributed by atoms with E-state index in [1.165, 1.54) is 36.8 Å². The van der Waals surface area contributed by atoms with Gasteiger partial charge in [-0.2, -0.15) is 0 Å². The lowest BCUT2D eigenvalue weighted by Gasteiger charge is -2.25. The van der Waals surface area contributed by atoms with Gasteiger partial charge in [0, 0.05) is 26.7 Å². The highest BCUT2D eigenvalue weighted by Gasteiger charge is 2.18. The second-order valence-electron chi connectivity index (χ2n) is 7.51. The quantitative estimate of drug-likeness (QED) is 0.628. The molecule has 0 unspecified atom stereocenters. The summed E-state index contributed by atoms with van der Waals surface area (Å²) in [7, 11) is 4.10. The van der Waals surface area contributed by atoms with Crippen LogP contribution in [0.15, 0.2) is 29.3 Å². The van der Waals surface area contributed by atoms with Crippen LogP contribution in [-0.4, -0.2) is 38.7 Å². The van der Waals surface area contributed by atoms with Crippen molar-refractivity contribution >= 4 is 5.96 Å². The van der Waals surface area contributed by atoms with E-state index in [4.69, 9.17) is 4.99 Å². The average molecular weight is 369 g/mol. The van der Waals surface area contributed by atoms with Crippen LogP contribution in [0.5, 0.6) is 0 Å². The molecule has 146 valence electrons. The Labute approximate surface area is 162 Å². The number of guanidine groups is 1. The molecule has 1 saturated carbocycles. The first-order valence-corrected chi connectivity index (χ1v) is 10.0. The number of hydrogen-bond acceptors (Lipinski definition) is 3. The van der Waals surface area contributed by atoms with Crippen molar-refractivity contribution in [3.63, 3.8) is 0 Å². The van der Waals surface area contributed by atoms with E-state index in [-0.39, 0.29) is 0 Å². The van der Waals surface area contributed by atoms with Gasteiger partial charge in [-0.25, -0.2) is 4.99 Å². The smallest absolute Gasteiger partial charge is 0.194 e. The third-order valence-electron chi connectivity index (χ3n) is 5.45. The van der Waals surface area contributed by atoms with Crippen LogP contribution in [0.2, 0.25) is 0 Å². The van der Waals surface area contributed by atoms with Crippen molar-refractivity contribution in [2.24, 2.45) is 12.0 Å². The van der Waals surface area contributed by atoms with Gasteiger partial charge in [-0.1, -0.05) is 44.0 Å². The van der Waals surface area contributed by atoms with E-state index < -0.39 is 0 Å². The molecule has 6 nitrogen and oxygen atoms in total. The van der Waals surface area contributed by atoms with Crippen molar-refractivity contribution in [3.8, 4) is 0 Å². The van der Waals surface area contributed by atoms with Gasteiger partial charge >= 0.3 is 0 Å². The van der Waals surface area contributed by atoms with Crippen molar-refractivity contribution in [2.45, 2.75) is 65.1 Å². The van der Waals surface area contributed by atoms with Gasteiger partial charge in [0.25, 0.3) is 0 Å². The fourth-order valence-electron chi connectivity index (χ4n) is 3.49.